The molecule has 0 aromatic heterocycles. The molecule has 0 N–H and O–H groups in total. The Morgan fingerprint density at radius 2 is 0.667 bits per heavy atom. The van der Waals surface area contributed by atoms with E-state index < -0.39 is 40.4 Å². The molecule has 0 atom stereocenters. The fourth-order valence-corrected chi connectivity index (χ4v) is 71.5. The average Bonchev–Trinajstić information content (AvgIpc) is 2.00. The molecule has 0 spiro atoms. The van der Waals surface area contributed by atoms with Crippen LogP contribution < -0.4 is 0 Å². The van der Waals surface area contributed by atoms with Crippen LogP contribution in [0.2, 0.25) is 106 Å². The van der Waals surface area contributed by atoms with Crippen LogP contribution in [-0.4, -0.2) is 49.2 Å². The third kappa shape index (κ3) is 9.79. The summed E-state index contributed by atoms with van der Waals surface area (Å²) >= 11 is 0. The zero-order chi connectivity index (χ0) is 18.3. The molecule has 143 valence electrons. The Kier molecular flexibility index (Phi) is 9.27. The molecule has 24 heavy (non-hydrogen) atoms. The van der Waals surface area contributed by atoms with Crippen LogP contribution in [0.25, 0.3) is 0 Å². The third-order valence-corrected chi connectivity index (χ3v) is 48.5. The normalized spacial score (nSPS) is 29.6. The van der Waals surface area contributed by atoms with Crippen molar-refractivity contribution in [1.29, 1.82) is 0 Å². The van der Waals surface area contributed by atoms with Gasteiger partial charge in [0.15, 0.2) is 0 Å². The largest absolute Gasteiger partial charge is 0.0715 e. The molecule has 2 aliphatic rings. The second-order valence-corrected chi connectivity index (χ2v) is 44.9. The van der Waals surface area contributed by atoms with Gasteiger partial charge in [0.2, 0.25) is 0 Å². The Bertz CT molecular complexity index is 356. The van der Waals surface area contributed by atoms with Gasteiger partial charge in [0.25, 0.3) is 0 Å². The fourth-order valence-electron chi connectivity index (χ4n) is 7.19. The first-order valence-electron chi connectivity index (χ1n) is 9.74. The van der Waals surface area contributed by atoms with Gasteiger partial charge < -0.3 is 0 Å². The summed E-state index contributed by atoms with van der Waals surface area (Å²) in [7, 11) is -3.46. The van der Waals surface area contributed by atoms with Crippen molar-refractivity contribution in [2.75, 3.05) is 0 Å². The monoisotopic (exact) mass is 601 g/mol. The van der Waals surface area contributed by atoms with E-state index in [2.05, 4.69) is 72.0 Å². The summed E-state index contributed by atoms with van der Waals surface area (Å²) in [6, 6.07) is 0. The smallest absolute Gasteiger partial charge is 0.0421 e. The molecule has 0 aromatic carbocycles. The topological polar surface area (TPSA) is 0 Å². The SMILES string of the molecule is C[Si]1(C)C[Si](C)(C)C[Si](C)(C)C1.C[Si]1C[Si](C)(C)C[Si](C)(C)C1.[W]. The standard InChI is InChI=1S/C9H24Si3.C8H21Si3.W/c1-10(2)7-11(3,4)9-12(5,6)8-10;1-9-6-10(2,3)8-11(4,5)7-9;/h7-9H2,1-6H3;6-8H2,1-5H3;. The van der Waals surface area contributed by atoms with Crippen LogP contribution in [-0.2, 0) is 21.1 Å². The number of hydrogen-bond acceptors (Lipinski definition) is 0. The molecule has 7 heteroatoms. The summed E-state index contributed by atoms with van der Waals surface area (Å²) in [5, 5.41) is 0. The van der Waals surface area contributed by atoms with Crippen molar-refractivity contribution in [3.63, 3.8) is 0 Å². The Balaban J connectivity index is 0.000000425. The average molecular weight is 602 g/mol. The van der Waals surface area contributed by atoms with Gasteiger partial charge in [-0.1, -0.05) is 106 Å². The summed E-state index contributed by atoms with van der Waals surface area (Å²) < 4.78 is 0. The van der Waals surface area contributed by atoms with Crippen LogP contribution >= 0.6 is 0 Å². The maximum Gasteiger partial charge on any atom is 0.0421 e. The van der Waals surface area contributed by atoms with Crippen molar-refractivity contribution in [2.45, 2.75) is 106 Å². The van der Waals surface area contributed by atoms with E-state index in [0.717, 1.165) is 0 Å². The molecule has 0 bridgehead atoms. The maximum absolute atomic E-state index is 2.62. The molecule has 2 saturated heterocycles. The van der Waals surface area contributed by atoms with Crippen LogP contribution in [0.1, 0.15) is 0 Å². The second-order valence-electron chi connectivity index (χ2n) is 12.8. The van der Waals surface area contributed by atoms with E-state index in [1.54, 1.807) is 34.0 Å². The van der Waals surface area contributed by atoms with Crippen molar-refractivity contribution >= 4 is 49.2 Å². The fraction of sp³-hybridized carbons (Fsp3) is 1.00. The molecule has 0 unspecified atom stereocenters. The summed E-state index contributed by atoms with van der Waals surface area (Å²) in [6.45, 7) is 28.7. The first-order valence-corrected chi connectivity index (χ1v) is 29.2. The zero-order valence-corrected chi connectivity index (χ0v) is 27.6. The van der Waals surface area contributed by atoms with Crippen LogP contribution in [0.5, 0.6) is 0 Å². The van der Waals surface area contributed by atoms with Crippen molar-refractivity contribution in [1.82, 2.24) is 0 Å². The summed E-state index contributed by atoms with van der Waals surface area (Å²) in [4.78, 5) is 0. The molecule has 2 rings (SSSR count). The molecule has 0 nitrogen and oxygen atoms in total. The molecular formula is C17H45Si6W. The minimum atomic E-state index is -0.738. The second kappa shape index (κ2) is 8.56. The van der Waals surface area contributed by atoms with Gasteiger partial charge in [-0.25, -0.2) is 0 Å². The van der Waals surface area contributed by atoms with E-state index >= 15 is 0 Å². The Morgan fingerprint density at radius 3 is 0.875 bits per heavy atom. The molecule has 1 radical (unpaired) electrons. The van der Waals surface area contributed by atoms with Gasteiger partial charge in [-0.15, -0.1) is 0 Å². The van der Waals surface area contributed by atoms with E-state index in [1.807, 2.05) is 0 Å². The van der Waals surface area contributed by atoms with Gasteiger partial charge >= 0.3 is 0 Å². The molecule has 0 aliphatic carbocycles. The molecule has 0 aromatic rings. The van der Waals surface area contributed by atoms with Crippen LogP contribution in [0.4, 0.5) is 0 Å². The number of rotatable bonds is 0. The maximum atomic E-state index is 2.62. The van der Waals surface area contributed by atoms with Gasteiger partial charge in [-0.3, -0.25) is 0 Å². The van der Waals surface area contributed by atoms with E-state index in [0.29, 0.717) is 0 Å². The van der Waals surface area contributed by atoms with Crippen molar-refractivity contribution in [3.05, 3.63) is 0 Å². The summed E-state index contributed by atoms with van der Waals surface area (Å²) in [6.07, 6.45) is 0. The molecule has 2 aliphatic heterocycles. The zero-order valence-electron chi connectivity index (χ0n) is 18.7. The molecule has 0 amide bonds. The summed E-state index contributed by atoms with van der Waals surface area (Å²) in [5.41, 5.74) is 10.1. The van der Waals surface area contributed by atoms with Gasteiger partial charge in [-0.05, 0) is 0 Å². The predicted octanol–water partition coefficient (Wildman–Crippen LogP) is 6.90. The van der Waals surface area contributed by atoms with E-state index in [-0.39, 0.29) is 29.9 Å². The van der Waals surface area contributed by atoms with Gasteiger partial charge in [0.05, 0.1) is 0 Å². The molecular weight excluding hydrogens is 557 g/mol. The quantitative estimate of drug-likeness (QED) is 0.265. The Labute approximate surface area is 175 Å². The van der Waals surface area contributed by atoms with Crippen LogP contribution in [0.15, 0.2) is 0 Å². The van der Waals surface area contributed by atoms with Crippen molar-refractivity contribution in [2.24, 2.45) is 0 Å². The van der Waals surface area contributed by atoms with Gasteiger partial charge in [0, 0.05) is 70.2 Å². The van der Waals surface area contributed by atoms with Gasteiger partial charge in [-0.2, -0.15) is 0 Å². The third-order valence-electron chi connectivity index (χ3n) is 5.39. The van der Waals surface area contributed by atoms with Gasteiger partial charge in [0.1, 0.15) is 0 Å². The van der Waals surface area contributed by atoms with E-state index in [4.69, 9.17) is 0 Å². The molecule has 2 heterocycles. The first kappa shape index (κ1) is 26.0. The first-order chi connectivity index (χ1) is 9.93. The minimum absolute atomic E-state index is 0. The minimum Gasteiger partial charge on any atom is -0.0715 e. The van der Waals surface area contributed by atoms with Crippen molar-refractivity contribution in [3.8, 4) is 0 Å². The predicted molar refractivity (Wildman–Crippen MR) is 128 cm³/mol. The summed E-state index contributed by atoms with van der Waals surface area (Å²) in [5.74, 6) is 0. The molecule has 0 saturated carbocycles. The Hall–Kier alpha value is 1.99. The van der Waals surface area contributed by atoms with Crippen LogP contribution in [0, 0.1) is 0 Å². The van der Waals surface area contributed by atoms with Crippen LogP contribution in [0.3, 0.4) is 0 Å². The van der Waals surface area contributed by atoms with E-state index in [1.165, 1.54) is 0 Å². The molecule has 2 fully saturated rings. The number of hydrogen-bond donors (Lipinski definition) is 0. The van der Waals surface area contributed by atoms with Crippen molar-refractivity contribution < 1.29 is 21.1 Å². The Morgan fingerprint density at radius 1 is 0.458 bits per heavy atom. The van der Waals surface area contributed by atoms with E-state index in [9.17, 15) is 0 Å².